The highest BCUT2D eigenvalue weighted by atomic mass is 35.5. The number of rotatable bonds is 4. The van der Waals surface area contributed by atoms with Gasteiger partial charge in [0.05, 0.1) is 10.0 Å². The van der Waals surface area contributed by atoms with E-state index < -0.39 is 0 Å². The van der Waals surface area contributed by atoms with Crippen LogP contribution in [0.15, 0.2) is 18.2 Å². The molecule has 1 aliphatic rings. The van der Waals surface area contributed by atoms with Crippen LogP contribution in [0.25, 0.3) is 0 Å². The lowest BCUT2D eigenvalue weighted by Gasteiger charge is -2.27. The summed E-state index contributed by atoms with van der Waals surface area (Å²) in [5.74, 6) is 0.800. The molecule has 2 rings (SSSR count). The van der Waals surface area contributed by atoms with Crippen molar-refractivity contribution < 1.29 is 0 Å². The second-order valence-corrected chi connectivity index (χ2v) is 5.89. The first kappa shape index (κ1) is 14.1. The summed E-state index contributed by atoms with van der Waals surface area (Å²) in [6.07, 6.45) is 2.54. The van der Waals surface area contributed by atoms with Crippen LogP contribution in [0, 0.1) is 5.92 Å². The van der Waals surface area contributed by atoms with Gasteiger partial charge in [-0.1, -0.05) is 35.3 Å². The second kappa shape index (κ2) is 6.76. The number of nitrogens with one attached hydrogen (secondary N) is 1. The van der Waals surface area contributed by atoms with Crippen molar-refractivity contribution in [2.24, 2.45) is 5.92 Å². The van der Waals surface area contributed by atoms with Gasteiger partial charge in [-0.15, -0.1) is 0 Å². The third kappa shape index (κ3) is 3.86. The smallest absolute Gasteiger partial charge is 0.0637 e. The maximum absolute atomic E-state index is 6.21. The third-order valence-corrected chi connectivity index (χ3v) is 4.36. The van der Waals surface area contributed by atoms with Gasteiger partial charge in [-0.25, -0.2) is 0 Å². The number of nitrogens with zero attached hydrogens (tertiary/aromatic N) is 1. The summed E-state index contributed by atoms with van der Waals surface area (Å²) < 4.78 is 0. The Morgan fingerprint density at radius 2 is 2.00 bits per heavy atom. The van der Waals surface area contributed by atoms with Crippen LogP contribution in [0.4, 0.5) is 0 Å². The monoisotopic (exact) mass is 286 g/mol. The molecule has 1 heterocycles. The van der Waals surface area contributed by atoms with Crippen molar-refractivity contribution in [1.82, 2.24) is 10.2 Å². The Morgan fingerprint density at radius 3 is 2.72 bits per heavy atom. The van der Waals surface area contributed by atoms with Crippen molar-refractivity contribution in [1.29, 1.82) is 0 Å². The lowest BCUT2D eigenvalue weighted by atomic mass is 9.97. The molecule has 1 fully saturated rings. The maximum atomic E-state index is 6.21. The summed E-state index contributed by atoms with van der Waals surface area (Å²) in [4.78, 5) is 2.34. The molecular weight excluding hydrogens is 267 g/mol. The van der Waals surface area contributed by atoms with E-state index in [4.69, 9.17) is 23.2 Å². The van der Waals surface area contributed by atoms with Gasteiger partial charge in [0.25, 0.3) is 0 Å². The van der Waals surface area contributed by atoms with E-state index in [-0.39, 0.29) is 0 Å². The van der Waals surface area contributed by atoms with Crippen molar-refractivity contribution in [3.8, 4) is 0 Å². The number of hydrogen-bond acceptors (Lipinski definition) is 2. The molecule has 0 aliphatic carbocycles. The SMILES string of the molecule is CN(Cc1cccc(Cl)c1Cl)CC1CCNCC1. The largest absolute Gasteiger partial charge is 0.317 e. The zero-order valence-electron chi connectivity index (χ0n) is 10.8. The van der Waals surface area contributed by atoms with Gasteiger partial charge >= 0.3 is 0 Å². The maximum Gasteiger partial charge on any atom is 0.0637 e. The summed E-state index contributed by atoms with van der Waals surface area (Å²) >= 11 is 12.2. The lowest BCUT2D eigenvalue weighted by Crippen LogP contribution is -2.34. The molecule has 1 aromatic rings. The van der Waals surface area contributed by atoms with Gasteiger partial charge in [0.15, 0.2) is 0 Å². The van der Waals surface area contributed by atoms with Gasteiger partial charge in [-0.05, 0) is 50.5 Å². The average molecular weight is 287 g/mol. The van der Waals surface area contributed by atoms with Crippen LogP contribution in [-0.4, -0.2) is 31.6 Å². The summed E-state index contributed by atoms with van der Waals surface area (Å²) in [5.41, 5.74) is 1.11. The zero-order valence-corrected chi connectivity index (χ0v) is 12.3. The van der Waals surface area contributed by atoms with E-state index in [2.05, 4.69) is 17.3 Å². The van der Waals surface area contributed by atoms with Gasteiger partial charge in [0.1, 0.15) is 0 Å². The molecular formula is C14H20Cl2N2. The predicted molar refractivity (Wildman–Crippen MR) is 78.4 cm³/mol. The summed E-state index contributed by atoms with van der Waals surface area (Å²) in [5, 5.41) is 4.73. The molecule has 0 radical (unpaired) electrons. The van der Waals surface area contributed by atoms with Gasteiger partial charge in [0.2, 0.25) is 0 Å². The highest BCUT2D eigenvalue weighted by molar-refractivity contribution is 6.42. The van der Waals surface area contributed by atoms with Crippen LogP contribution in [0.3, 0.4) is 0 Å². The second-order valence-electron chi connectivity index (χ2n) is 5.10. The van der Waals surface area contributed by atoms with Gasteiger partial charge in [0, 0.05) is 13.1 Å². The summed E-state index contributed by atoms with van der Waals surface area (Å²) in [6, 6.07) is 5.84. The van der Waals surface area contributed by atoms with Crippen molar-refractivity contribution in [3.05, 3.63) is 33.8 Å². The van der Waals surface area contributed by atoms with E-state index >= 15 is 0 Å². The fourth-order valence-electron chi connectivity index (χ4n) is 2.53. The topological polar surface area (TPSA) is 15.3 Å². The molecule has 0 bridgehead atoms. The molecule has 2 nitrogen and oxygen atoms in total. The zero-order chi connectivity index (χ0) is 13.0. The number of piperidine rings is 1. The summed E-state index contributed by atoms with van der Waals surface area (Å²) in [7, 11) is 2.15. The molecule has 0 spiro atoms. The quantitative estimate of drug-likeness (QED) is 0.912. The summed E-state index contributed by atoms with van der Waals surface area (Å²) in [6.45, 7) is 4.29. The number of halogens is 2. The van der Waals surface area contributed by atoms with Gasteiger partial charge in [-0.3, -0.25) is 0 Å². The standard InChI is InChI=1S/C14H20Cl2N2/c1-18(9-11-5-7-17-8-6-11)10-12-3-2-4-13(15)14(12)16/h2-4,11,17H,5-10H2,1H3. The van der Waals surface area contributed by atoms with Crippen LogP contribution in [0.1, 0.15) is 18.4 Å². The number of hydrogen-bond donors (Lipinski definition) is 1. The Kier molecular flexibility index (Phi) is 5.31. The number of benzene rings is 1. The highest BCUT2D eigenvalue weighted by Crippen LogP contribution is 2.26. The van der Waals surface area contributed by atoms with Crippen LogP contribution >= 0.6 is 23.2 Å². The predicted octanol–water partition coefficient (Wildman–Crippen LogP) is 3.42. The molecule has 1 aliphatic heterocycles. The fourth-order valence-corrected chi connectivity index (χ4v) is 2.91. The minimum absolute atomic E-state index is 0.643. The Morgan fingerprint density at radius 1 is 1.28 bits per heavy atom. The van der Waals surface area contributed by atoms with Gasteiger partial charge in [-0.2, -0.15) is 0 Å². The minimum atomic E-state index is 0.643. The van der Waals surface area contributed by atoms with Crippen LogP contribution in [-0.2, 0) is 6.54 Å². The molecule has 1 aromatic carbocycles. The first-order valence-electron chi connectivity index (χ1n) is 6.49. The van der Waals surface area contributed by atoms with E-state index in [1.54, 1.807) is 0 Å². The molecule has 0 unspecified atom stereocenters. The van der Waals surface area contributed by atoms with Crippen LogP contribution in [0.2, 0.25) is 10.0 Å². The Balaban J connectivity index is 1.90. The lowest BCUT2D eigenvalue weighted by molar-refractivity contribution is 0.234. The highest BCUT2D eigenvalue weighted by Gasteiger charge is 2.15. The van der Waals surface area contributed by atoms with E-state index in [0.717, 1.165) is 37.7 Å². The van der Waals surface area contributed by atoms with Gasteiger partial charge < -0.3 is 10.2 Å². The van der Waals surface area contributed by atoms with E-state index in [0.29, 0.717) is 10.0 Å². The Labute approximate surface area is 119 Å². The molecule has 18 heavy (non-hydrogen) atoms. The average Bonchev–Trinajstić information content (AvgIpc) is 2.36. The molecule has 1 N–H and O–H groups in total. The first-order valence-corrected chi connectivity index (χ1v) is 7.24. The molecule has 0 atom stereocenters. The first-order chi connectivity index (χ1) is 8.66. The fraction of sp³-hybridized carbons (Fsp3) is 0.571. The molecule has 0 amide bonds. The van der Waals surface area contributed by atoms with Crippen LogP contribution < -0.4 is 5.32 Å². The van der Waals surface area contributed by atoms with Crippen molar-refractivity contribution in [2.75, 3.05) is 26.7 Å². The normalized spacial score (nSPS) is 17.3. The molecule has 0 aromatic heterocycles. The minimum Gasteiger partial charge on any atom is -0.317 e. The Hall–Kier alpha value is -0.280. The Bertz CT molecular complexity index is 389. The molecule has 0 saturated carbocycles. The van der Waals surface area contributed by atoms with E-state index in [1.165, 1.54) is 12.8 Å². The van der Waals surface area contributed by atoms with Crippen LogP contribution in [0.5, 0.6) is 0 Å². The van der Waals surface area contributed by atoms with E-state index in [1.807, 2.05) is 18.2 Å². The van der Waals surface area contributed by atoms with Crippen molar-refractivity contribution in [2.45, 2.75) is 19.4 Å². The molecule has 1 saturated heterocycles. The van der Waals surface area contributed by atoms with Crippen molar-refractivity contribution in [3.63, 3.8) is 0 Å². The molecule has 100 valence electrons. The molecule has 4 heteroatoms. The third-order valence-electron chi connectivity index (χ3n) is 3.50. The van der Waals surface area contributed by atoms with E-state index in [9.17, 15) is 0 Å². The van der Waals surface area contributed by atoms with Crippen molar-refractivity contribution >= 4 is 23.2 Å².